The van der Waals surface area contributed by atoms with Gasteiger partial charge in [0.15, 0.2) is 0 Å². The highest BCUT2D eigenvalue weighted by Gasteiger charge is 2.04. The Kier molecular flexibility index (Phi) is 13.3. The lowest BCUT2D eigenvalue weighted by atomic mass is 10.3. The molecule has 2 heterocycles. The Morgan fingerprint density at radius 2 is 1.23 bits per heavy atom. The van der Waals surface area contributed by atoms with Crippen LogP contribution in [0.1, 0.15) is 21.1 Å². The van der Waals surface area contributed by atoms with Crippen LogP contribution in [0.3, 0.4) is 0 Å². The summed E-state index contributed by atoms with van der Waals surface area (Å²) in [4.78, 5) is 29.3. The van der Waals surface area contributed by atoms with Crippen LogP contribution in [-0.2, 0) is 22.4 Å². The molecule has 146 valence electrons. The minimum absolute atomic E-state index is 1.04. The smallest absolute Gasteiger partial charge is 0.414 e. The molecule has 2 rings (SSSR count). The number of nitrogens with zero attached hydrogens (tertiary/aromatic N) is 2. The Hall–Kier alpha value is -1.88. The number of hydrogen-bond donors (Lipinski definition) is 4. The quantitative estimate of drug-likeness (QED) is 0.537. The van der Waals surface area contributed by atoms with E-state index >= 15 is 0 Å². The van der Waals surface area contributed by atoms with Crippen molar-refractivity contribution in [3.63, 3.8) is 0 Å². The fourth-order valence-electron chi connectivity index (χ4n) is 1.61. The summed E-state index contributed by atoms with van der Waals surface area (Å²) >= 11 is 3.48. The molecule has 26 heavy (non-hydrogen) atoms. The van der Waals surface area contributed by atoms with Crippen LogP contribution in [0, 0.1) is 13.8 Å². The van der Waals surface area contributed by atoms with Crippen LogP contribution in [0.15, 0.2) is 11.0 Å². The van der Waals surface area contributed by atoms with Crippen molar-refractivity contribution in [1.82, 2.24) is 20.6 Å². The second kappa shape index (κ2) is 14.3. The van der Waals surface area contributed by atoms with Crippen LogP contribution in [0.4, 0.5) is 0 Å². The molecule has 0 amide bonds. The molecule has 4 N–H and O–H groups in total. The third-order valence-corrected chi connectivity index (χ3v) is 5.07. The number of aliphatic carboxylic acids is 2. The van der Waals surface area contributed by atoms with E-state index in [-0.39, 0.29) is 0 Å². The summed E-state index contributed by atoms with van der Waals surface area (Å²) in [5.74, 6) is -3.65. The highest BCUT2D eigenvalue weighted by Crippen LogP contribution is 2.12. The molecule has 10 heteroatoms. The molecule has 0 aromatic carbocycles. The first kappa shape index (κ1) is 24.1. The average molecular weight is 403 g/mol. The highest BCUT2D eigenvalue weighted by molar-refractivity contribution is 7.10. The van der Waals surface area contributed by atoms with E-state index in [4.69, 9.17) is 19.8 Å². The molecule has 0 aliphatic heterocycles. The molecule has 0 unspecified atom stereocenters. The van der Waals surface area contributed by atoms with Crippen LogP contribution >= 0.6 is 22.7 Å². The first-order chi connectivity index (χ1) is 12.3. The molecule has 0 fully saturated rings. The minimum atomic E-state index is -1.82. The van der Waals surface area contributed by atoms with Crippen LogP contribution in [0.2, 0.25) is 0 Å². The Balaban J connectivity index is 0.000000375. The second-order valence-electron chi connectivity index (χ2n) is 5.04. The summed E-state index contributed by atoms with van der Waals surface area (Å²) in [6.45, 7) is 6.20. The Morgan fingerprint density at radius 3 is 1.42 bits per heavy atom. The van der Waals surface area contributed by atoms with Crippen molar-refractivity contribution in [3.05, 3.63) is 32.2 Å². The van der Waals surface area contributed by atoms with Gasteiger partial charge in [-0.05, 0) is 53.9 Å². The number of carboxylic acids is 2. The molecule has 2 aromatic rings. The zero-order valence-electron chi connectivity index (χ0n) is 15.4. The number of nitrogens with one attached hydrogen (secondary N) is 2. The van der Waals surface area contributed by atoms with Gasteiger partial charge in [0.2, 0.25) is 0 Å². The van der Waals surface area contributed by atoms with Gasteiger partial charge in [-0.3, -0.25) is 0 Å². The maximum Gasteiger partial charge on any atom is 0.414 e. The predicted octanol–water partition coefficient (Wildman–Crippen LogP) is 1.58. The fraction of sp³-hybridized carbons (Fsp3) is 0.500. The van der Waals surface area contributed by atoms with Gasteiger partial charge >= 0.3 is 11.9 Å². The summed E-state index contributed by atoms with van der Waals surface area (Å²) in [6.07, 6.45) is 2.21. The van der Waals surface area contributed by atoms with E-state index < -0.39 is 11.9 Å². The van der Waals surface area contributed by atoms with Crippen molar-refractivity contribution in [2.75, 3.05) is 27.2 Å². The third kappa shape index (κ3) is 10.9. The van der Waals surface area contributed by atoms with E-state index in [1.165, 1.54) is 21.1 Å². The Labute approximate surface area is 161 Å². The lowest BCUT2D eigenvalue weighted by Gasteiger charge is -1.95. The zero-order valence-corrected chi connectivity index (χ0v) is 17.0. The van der Waals surface area contributed by atoms with Gasteiger partial charge in [0.1, 0.15) is 0 Å². The largest absolute Gasteiger partial charge is 0.473 e. The van der Waals surface area contributed by atoms with E-state index in [1.807, 2.05) is 25.1 Å². The summed E-state index contributed by atoms with van der Waals surface area (Å²) in [6, 6.07) is 0. The maximum absolute atomic E-state index is 9.10. The van der Waals surface area contributed by atoms with Crippen molar-refractivity contribution in [2.45, 2.75) is 26.7 Å². The number of aryl methyl sites for hydroxylation is 2. The average Bonchev–Trinajstić information content (AvgIpc) is 3.20. The number of carboxylic acid groups (broad SMARTS) is 2. The molecule has 0 bridgehead atoms. The summed E-state index contributed by atoms with van der Waals surface area (Å²) < 4.78 is 0. The van der Waals surface area contributed by atoms with Gasteiger partial charge in [0.25, 0.3) is 0 Å². The van der Waals surface area contributed by atoms with Gasteiger partial charge in [0, 0.05) is 9.75 Å². The van der Waals surface area contributed by atoms with Crippen molar-refractivity contribution >= 4 is 34.6 Å². The van der Waals surface area contributed by atoms with E-state index in [9.17, 15) is 0 Å². The maximum atomic E-state index is 9.10. The van der Waals surface area contributed by atoms with Gasteiger partial charge in [-0.1, -0.05) is 0 Å². The van der Waals surface area contributed by atoms with Gasteiger partial charge in [0.05, 0.1) is 22.4 Å². The summed E-state index contributed by atoms with van der Waals surface area (Å²) in [7, 11) is 3.94. The van der Waals surface area contributed by atoms with E-state index in [0.29, 0.717) is 0 Å². The lowest BCUT2D eigenvalue weighted by Crippen LogP contribution is -2.09. The lowest BCUT2D eigenvalue weighted by molar-refractivity contribution is -0.159. The molecule has 0 atom stereocenters. The zero-order chi connectivity index (χ0) is 19.9. The van der Waals surface area contributed by atoms with Crippen molar-refractivity contribution in [2.24, 2.45) is 0 Å². The predicted molar refractivity (Wildman–Crippen MR) is 104 cm³/mol. The Morgan fingerprint density at radius 1 is 0.885 bits per heavy atom. The summed E-state index contributed by atoms with van der Waals surface area (Å²) in [5.41, 5.74) is 6.17. The normalized spacial score (nSPS) is 9.54. The molecule has 0 spiro atoms. The fourth-order valence-corrected chi connectivity index (χ4v) is 3.17. The van der Waals surface area contributed by atoms with E-state index in [2.05, 4.69) is 34.4 Å². The number of aromatic nitrogens is 2. The molecule has 0 aliphatic rings. The monoisotopic (exact) mass is 402 g/mol. The van der Waals surface area contributed by atoms with Gasteiger partial charge in [-0.15, -0.1) is 22.7 Å². The summed E-state index contributed by atoms with van der Waals surface area (Å²) in [5, 5.41) is 21.0. The van der Waals surface area contributed by atoms with Crippen LogP contribution in [0.5, 0.6) is 0 Å². The standard InChI is InChI=1S/2C7H12N2S.C2H2O4/c2*1-6-7(3-4-8-2)10-5-9-6;3-1(4)2(5)6/h2*5,8H,3-4H2,1-2H3;(H,3,4)(H,5,6). The first-order valence-electron chi connectivity index (χ1n) is 7.86. The minimum Gasteiger partial charge on any atom is -0.473 e. The topological polar surface area (TPSA) is 124 Å². The molecule has 0 radical (unpaired) electrons. The van der Waals surface area contributed by atoms with Crippen LogP contribution in [-0.4, -0.2) is 59.3 Å². The Bertz CT molecular complexity index is 602. The van der Waals surface area contributed by atoms with Gasteiger partial charge in [-0.25, -0.2) is 19.6 Å². The van der Waals surface area contributed by atoms with Gasteiger partial charge in [-0.2, -0.15) is 0 Å². The molecular formula is C16H26N4O4S2. The number of thiazole rings is 2. The number of likely N-dealkylation sites (N-methyl/N-ethyl adjacent to an activating group) is 2. The number of hydrogen-bond acceptors (Lipinski definition) is 8. The van der Waals surface area contributed by atoms with Crippen LogP contribution in [0.25, 0.3) is 0 Å². The van der Waals surface area contributed by atoms with Crippen molar-refractivity contribution in [3.8, 4) is 0 Å². The molecule has 0 saturated carbocycles. The van der Waals surface area contributed by atoms with Gasteiger partial charge < -0.3 is 20.8 Å². The first-order valence-corrected chi connectivity index (χ1v) is 9.62. The van der Waals surface area contributed by atoms with E-state index in [0.717, 1.165) is 25.9 Å². The molecule has 8 nitrogen and oxygen atoms in total. The molecular weight excluding hydrogens is 376 g/mol. The second-order valence-corrected chi connectivity index (χ2v) is 6.92. The molecule has 2 aromatic heterocycles. The van der Waals surface area contributed by atoms with Crippen molar-refractivity contribution < 1.29 is 19.8 Å². The van der Waals surface area contributed by atoms with E-state index in [1.54, 1.807) is 22.7 Å². The highest BCUT2D eigenvalue weighted by atomic mass is 32.1. The van der Waals surface area contributed by atoms with Crippen molar-refractivity contribution in [1.29, 1.82) is 0 Å². The molecule has 0 saturated heterocycles. The SMILES string of the molecule is CNCCc1scnc1C.CNCCc1scnc1C.O=C(O)C(=O)O. The third-order valence-electron chi connectivity index (χ3n) is 3.08. The number of carbonyl (C=O) groups is 2. The van der Waals surface area contributed by atoms with Crippen LogP contribution < -0.4 is 10.6 Å². The number of rotatable bonds is 6. The molecule has 0 aliphatic carbocycles.